The third-order valence-electron chi connectivity index (χ3n) is 2.75. The number of furan rings is 2. The number of hydrogen-bond acceptors (Lipinski definition) is 4. The fourth-order valence-electron chi connectivity index (χ4n) is 1.73. The van der Waals surface area contributed by atoms with Crippen LogP contribution in [0.5, 0.6) is 0 Å². The SMILES string of the molecule is CN(C)C(CNC(=O)c1ccc(Br)o1)c1ccco1. The van der Waals surface area contributed by atoms with Gasteiger partial charge in [0.2, 0.25) is 0 Å². The molecule has 0 saturated heterocycles. The summed E-state index contributed by atoms with van der Waals surface area (Å²) in [5.74, 6) is 0.846. The van der Waals surface area contributed by atoms with Crippen molar-refractivity contribution in [2.75, 3.05) is 20.6 Å². The van der Waals surface area contributed by atoms with Crippen LogP contribution in [0, 0.1) is 0 Å². The Morgan fingerprint density at radius 3 is 2.74 bits per heavy atom. The highest BCUT2D eigenvalue weighted by molar-refractivity contribution is 9.10. The van der Waals surface area contributed by atoms with Crippen LogP contribution >= 0.6 is 15.9 Å². The Morgan fingerprint density at radius 2 is 2.21 bits per heavy atom. The van der Waals surface area contributed by atoms with Gasteiger partial charge in [0.15, 0.2) is 10.4 Å². The second-order valence-electron chi connectivity index (χ2n) is 4.31. The molecule has 6 heteroatoms. The Hall–Kier alpha value is -1.53. The quantitative estimate of drug-likeness (QED) is 0.917. The first-order valence-corrected chi connectivity index (χ1v) is 6.60. The first kappa shape index (κ1) is 13.9. The lowest BCUT2D eigenvalue weighted by Gasteiger charge is -2.22. The summed E-state index contributed by atoms with van der Waals surface area (Å²) in [6.07, 6.45) is 1.62. The van der Waals surface area contributed by atoms with E-state index in [9.17, 15) is 4.79 Å². The second-order valence-corrected chi connectivity index (χ2v) is 5.09. The summed E-state index contributed by atoms with van der Waals surface area (Å²) >= 11 is 3.17. The van der Waals surface area contributed by atoms with Crippen LogP contribution in [-0.4, -0.2) is 31.4 Å². The molecule has 19 heavy (non-hydrogen) atoms. The minimum absolute atomic E-state index is 0.0163. The van der Waals surface area contributed by atoms with E-state index in [2.05, 4.69) is 21.2 Å². The maximum absolute atomic E-state index is 11.9. The molecule has 0 aliphatic heterocycles. The smallest absolute Gasteiger partial charge is 0.287 e. The predicted molar refractivity (Wildman–Crippen MR) is 73.9 cm³/mol. The maximum Gasteiger partial charge on any atom is 0.287 e. The summed E-state index contributed by atoms with van der Waals surface area (Å²) in [5, 5.41) is 2.83. The number of hydrogen-bond donors (Lipinski definition) is 1. The number of halogens is 1. The molecule has 0 bridgehead atoms. The summed E-state index contributed by atoms with van der Waals surface area (Å²) in [7, 11) is 3.87. The van der Waals surface area contributed by atoms with Gasteiger partial charge in [-0.3, -0.25) is 9.69 Å². The lowest BCUT2D eigenvalue weighted by atomic mass is 10.2. The van der Waals surface area contributed by atoms with E-state index in [0.717, 1.165) is 5.76 Å². The van der Waals surface area contributed by atoms with E-state index in [1.165, 1.54) is 0 Å². The van der Waals surface area contributed by atoms with E-state index in [1.54, 1.807) is 18.4 Å². The molecule has 1 atom stereocenters. The van der Waals surface area contributed by atoms with Crippen LogP contribution < -0.4 is 5.32 Å². The number of nitrogens with one attached hydrogen (secondary N) is 1. The molecule has 2 rings (SSSR count). The van der Waals surface area contributed by atoms with Crippen LogP contribution in [0.1, 0.15) is 22.4 Å². The van der Waals surface area contributed by atoms with Crippen molar-refractivity contribution in [2.24, 2.45) is 0 Å². The Bertz CT molecular complexity index is 534. The second kappa shape index (κ2) is 6.08. The highest BCUT2D eigenvalue weighted by Crippen LogP contribution is 2.18. The summed E-state index contributed by atoms with van der Waals surface area (Å²) in [4.78, 5) is 13.9. The van der Waals surface area contributed by atoms with E-state index in [4.69, 9.17) is 8.83 Å². The van der Waals surface area contributed by atoms with Gasteiger partial charge in [0.1, 0.15) is 5.76 Å². The van der Waals surface area contributed by atoms with Gasteiger partial charge in [-0.15, -0.1) is 0 Å². The Morgan fingerprint density at radius 1 is 1.42 bits per heavy atom. The van der Waals surface area contributed by atoms with Crippen molar-refractivity contribution >= 4 is 21.8 Å². The average Bonchev–Trinajstić information content (AvgIpc) is 3.00. The third-order valence-corrected chi connectivity index (χ3v) is 3.17. The molecule has 0 aliphatic rings. The Labute approximate surface area is 119 Å². The molecule has 1 N–H and O–H groups in total. The number of rotatable bonds is 5. The monoisotopic (exact) mass is 326 g/mol. The first-order valence-electron chi connectivity index (χ1n) is 5.81. The zero-order valence-corrected chi connectivity index (χ0v) is 12.3. The molecule has 0 fully saturated rings. The van der Waals surface area contributed by atoms with Crippen LogP contribution in [0.25, 0.3) is 0 Å². The number of likely N-dealkylation sites (N-methyl/N-ethyl adjacent to an activating group) is 1. The zero-order chi connectivity index (χ0) is 13.8. The molecule has 2 aromatic rings. The van der Waals surface area contributed by atoms with Crippen molar-refractivity contribution in [3.05, 3.63) is 46.7 Å². The summed E-state index contributed by atoms with van der Waals surface area (Å²) in [5.41, 5.74) is 0. The van der Waals surface area contributed by atoms with E-state index in [1.807, 2.05) is 31.1 Å². The van der Waals surface area contributed by atoms with Crippen LogP contribution in [0.15, 0.2) is 44.0 Å². The first-order chi connectivity index (χ1) is 9.08. The summed E-state index contributed by atoms with van der Waals surface area (Å²) in [6, 6.07) is 7.01. The molecule has 1 unspecified atom stereocenters. The summed E-state index contributed by atoms with van der Waals surface area (Å²) in [6.45, 7) is 0.442. The van der Waals surface area contributed by atoms with Crippen molar-refractivity contribution in [1.29, 1.82) is 0 Å². The molecule has 0 spiro atoms. The highest BCUT2D eigenvalue weighted by Gasteiger charge is 2.19. The predicted octanol–water partition coefficient (Wildman–Crippen LogP) is 2.67. The van der Waals surface area contributed by atoms with Crippen molar-refractivity contribution in [1.82, 2.24) is 10.2 Å². The topological polar surface area (TPSA) is 58.6 Å². The molecule has 0 saturated carbocycles. The van der Waals surface area contributed by atoms with Crippen molar-refractivity contribution in [3.8, 4) is 0 Å². The molecule has 0 aliphatic carbocycles. The molecule has 2 heterocycles. The molecule has 102 valence electrons. The van der Waals surface area contributed by atoms with Gasteiger partial charge in [-0.1, -0.05) is 0 Å². The minimum Gasteiger partial charge on any atom is -0.468 e. The lowest BCUT2D eigenvalue weighted by Crippen LogP contribution is -2.34. The molecule has 0 radical (unpaired) electrons. The van der Waals surface area contributed by atoms with Gasteiger partial charge in [0.25, 0.3) is 5.91 Å². The van der Waals surface area contributed by atoms with Gasteiger partial charge in [-0.25, -0.2) is 0 Å². The molecular formula is C13H15BrN2O3. The van der Waals surface area contributed by atoms with Crippen LogP contribution in [0.3, 0.4) is 0 Å². The van der Waals surface area contributed by atoms with E-state index in [0.29, 0.717) is 11.2 Å². The van der Waals surface area contributed by atoms with Crippen molar-refractivity contribution < 1.29 is 13.6 Å². The normalized spacial score (nSPS) is 12.6. The van der Waals surface area contributed by atoms with Gasteiger partial charge in [0.05, 0.1) is 12.3 Å². The number of carbonyl (C=O) groups is 1. The number of nitrogens with zero attached hydrogens (tertiary/aromatic N) is 1. The van der Waals surface area contributed by atoms with Crippen molar-refractivity contribution in [3.63, 3.8) is 0 Å². The van der Waals surface area contributed by atoms with Crippen LogP contribution in [0.4, 0.5) is 0 Å². The largest absolute Gasteiger partial charge is 0.468 e. The minimum atomic E-state index is -0.246. The molecule has 0 aromatic carbocycles. The maximum atomic E-state index is 11.9. The molecule has 1 amide bonds. The third kappa shape index (κ3) is 3.48. The number of amides is 1. The highest BCUT2D eigenvalue weighted by atomic mass is 79.9. The van der Waals surface area contributed by atoms with Gasteiger partial charge < -0.3 is 14.2 Å². The zero-order valence-electron chi connectivity index (χ0n) is 10.7. The lowest BCUT2D eigenvalue weighted by molar-refractivity contribution is 0.0910. The van der Waals surface area contributed by atoms with Gasteiger partial charge in [0, 0.05) is 6.54 Å². The van der Waals surface area contributed by atoms with E-state index in [-0.39, 0.29) is 17.7 Å². The average molecular weight is 327 g/mol. The molecule has 5 nitrogen and oxygen atoms in total. The summed E-state index contributed by atoms with van der Waals surface area (Å²) < 4.78 is 11.1. The standard InChI is InChI=1S/C13H15BrN2O3/c1-16(2)9(10-4-3-7-18-10)8-15-13(17)11-5-6-12(14)19-11/h3-7,9H,8H2,1-2H3,(H,15,17). The van der Waals surface area contributed by atoms with Crippen LogP contribution in [0.2, 0.25) is 0 Å². The van der Waals surface area contributed by atoms with Gasteiger partial charge in [-0.05, 0) is 54.3 Å². The van der Waals surface area contributed by atoms with Gasteiger partial charge in [-0.2, -0.15) is 0 Å². The fraction of sp³-hybridized carbons (Fsp3) is 0.308. The Balaban J connectivity index is 1.98. The van der Waals surface area contributed by atoms with Gasteiger partial charge >= 0.3 is 0 Å². The van der Waals surface area contributed by atoms with Crippen molar-refractivity contribution in [2.45, 2.75) is 6.04 Å². The van der Waals surface area contributed by atoms with E-state index >= 15 is 0 Å². The van der Waals surface area contributed by atoms with E-state index < -0.39 is 0 Å². The van der Waals surface area contributed by atoms with Crippen LogP contribution in [-0.2, 0) is 0 Å². The Kier molecular flexibility index (Phi) is 4.44. The molecular weight excluding hydrogens is 312 g/mol. The number of carbonyl (C=O) groups excluding carboxylic acids is 1. The fourth-order valence-corrected chi connectivity index (χ4v) is 2.04. The molecule has 2 aromatic heterocycles.